The van der Waals surface area contributed by atoms with Crippen molar-refractivity contribution in [2.75, 3.05) is 0 Å². The second-order valence-corrected chi connectivity index (χ2v) is 9.58. The number of ketones is 1. The molecule has 27 heavy (non-hydrogen) atoms. The van der Waals surface area contributed by atoms with Crippen molar-refractivity contribution in [1.29, 1.82) is 0 Å². The molecule has 0 saturated heterocycles. The van der Waals surface area contributed by atoms with Crippen molar-refractivity contribution in [1.82, 2.24) is 0 Å². The summed E-state index contributed by atoms with van der Waals surface area (Å²) in [4.78, 5) is 12.9. The number of carbonyl (C=O) groups excluding carboxylic acids is 1. The van der Waals surface area contributed by atoms with Crippen LogP contribution in [0.3, 0.4) is 0 Å². The summed E-state index contributed by atoms with van der Waals surface area (Å²) in [6.45, 7) is 1.92. The fourth-order valence-corrected chi connectivity index (χ4v) is 6.42. The summed E-state index contributed by atoms with van der Waals surface area (Å²) >= 11 is 0. The zero-order valence-electron chi connectivity index (χ0n) is 16.9. The Balaban J connectivity index is 1.44. The van der Waals surface area contributed by atoms with Gasteiger partial charge in [-0.05, 0) is 61.1 Å². The van der Waals surface area contributed by atoms with E-state index in [1.807, 2.05) is 13.0 Å². The van der Waals surface area contributed by atoms with Gasteiger partial charge in [0.25, 0.3) is 0 Å². The van der Waals surface area contributed by atoms with Gasteiger partial charge in [-0.1, -0.05) is 70.3 Å². The number of hydrogen-bond acceptors (Lipinski definition) is 1. The number of rotatable bonds is 5. The Morgan fingerprint density at radius 2 is 1.56 bits per heavy atom. The van der Waals surface area contributed by atoms with Gasteiger partial charge in [0, 0.05) is 5.92 Å². The molecule has 1 aromatic rings. The molecule has 1 unspecified atom stereocenters. The number of aryl methyl sites for hydroxylation is 1. The van der Waals surface area contributed by atoms with Gasteiger partial charge in [0.2, 0.25) is 0 Å². The average Bonchev–Trinajstić information content (AvgIpc) is 2.99. The minimum atomic E-state index is -0.298. The Morgan fingerprint density at radius 3 is 2.15 bits per heavy atom. The van der Waals surface area contributed by atoms with Crippen LogP contribution in [-0.4, -0.2) is 5.78 Å². The SMILES string of the molecule is Cc1cc(F)c2c(c1)CC(CCC(C1CCCCC1)C1CCCCC1)C2=O. The monoisotopic (exact) mass is 370 g/mol. The van der Waals surface area contributed by atoms with Crippen molar-refractivity contribution in [3.05, 3.63) is 34.6 Å². The molecule has 0 radical (unpaired) electrons. The first-order chi connectivity index (χ1) is 13.1. The molecule has 4 rings (SSSR count). The summed E-state index contributed by atoms with van der Waals surface area (Å²) in [5, 5.41) is 0. The average molecular weight is 371 g/mol. The van der Waals surface area contributed by atoms with Crippen LogP contribution in [0.25, 0.3) is 0 Å². The van der Waals surface area contributed by atoms with Crippen LogP contribution in [0.15, 0.2) is 12.1 Å². The summed E-state index contributed by atoms with van der Waals surface area (Å²) in [6, 6.07) is 3.54. The van der Waals surface area contributed by atoms with Crippen LogP contribution in [-0.2, 0) is 6.42 Å². The van der Waals surface area contributed by atoms with Crippen molar-refractivity contribution in [3.63, 3.8) is 0 Å². The molecule has 0 bridgehead atoms. The minimum Gasteiger partial charge on any atom is -0.294 e. The molecule has 1 nitrogen and oxygen atoms in total. The Labute approximate surface area is 164 Å². The number of carbonyl (C=O) groups is 1. The molecule has 2 fully saturated rings. The molecule has 1 atom stereocenters. The van der Waals surface area contributed by atoms with Crippen LogP contribution in [0, 0.1) is 36.4 Å². The van der Waals surface area contributed by atoms with Crippen LogP contribution in [0.4, 0.5) is 4.39 Å². The summed E-state index contributed by atoms with van der Waals surface area (Å²) in [7, 11) is 0. The summed E-state index contributed by atoms with van der Waals surface area (Å²) in [5.41, 5.74) is 2.29. The molecule has 2 heteroatoms. The van der Waals surface area contributed by atoms with Gasteiger partial charge in [0.05, 0.1) is 5.56 Å². The molecule has 1 aromatic carbocycles. The molecule has 0 spiro atoms. The van der Waals surface area contributed by atoms with E-state index in [9.17, 15) is 9.18 Å². The fraction of sp³-hybridized carbons (Fsp3) is 0.720. The first kappa shape index (κ1) is 19.2. The normalized spacial score (nSPS) is 24.6. The van der Waals surface area contributed by atoms with Crippen molar-refractivity contribution in [2.45, 2.75) is 90.4 Å². The van der Waals surface area contributed by atoms with Crippen LogP contribution in [0.2, 0.25) is 0 Å². The Bertz CT molecular complexity index is 649. The van der Waals surface area contributed by atoms with Gasteiger partial charge in [0.1, 0.15) is 5.82 Å². The van der Waals surface area contributed by atoms with E-state index in [-0.39, 0.29) is 17.5 Å². The molecular weight excluding hydrogens is 335 g/mol. The molecule has 0 heterocycles. The number of hydrogen-bond donors (Lipinski definition) is 0. The van der Waals surface area contributed by atoms with Crippen molar-refractivity contribution < 1.29 is 9.18 Å². The van der Waals surface area contributed by atoms with Gasteiger partial charge in [-0.25, -0.2) is 4.39 Å². The van der Waals surface area contributed by atoms with Crippen LogP contribution in [0.5, 0.6) is 0 Å². The van der Waals surface area contributed by atoms with E-state index < -0.39 is 0 Å². The van der Waals surface area contributed by atoms with Crippen molar-refractivity contribution in [2.24, 2.45) is 23.7 Å². The Kier molecular flexibility index (Phi) is 5.99. The van der Waals surface area contributed by atoms with E-state index in [4.69, 9.17) is 0 Å². The molecule has 3 aliphatic carbocycles. The van der Waals surface area contributed by atoms with E-state index in [0.717, 1.165) is 41.7 Å². The lowest BCUT2D eigenvalue weighted by molar-refractivity contribution is 0.0893. The molecule has 0 aliphatic heterocycles. The number of Topliss-reactive ketones (excluding diaryl/α,β-unsaturated/α-hetero) is 1. The topological polar surface area (TPSA) is 17.1 Å². The van der Waals surface area contributed by atoms with Crippen LogP contribution in [0.1, 0.15) is 98.5 Å². The first-order valence-corrected chi connectivity index (χ1v) is 11.5. The number of halogens is 1. The van der Waals surface area contributed by atoms with Gasteiger partial charge < -0.3 is 0 Å². The van der Waals surface area contributed by atoms with E-state index >= 15 is 0 Å². The third-order valence-electron chi connectivity index (χ3n) is 7.76. The zero-order valence-corrected chi connectivity index (χ0v) is 16.9. The van der Waals surface area contributed by atoms with Gasteiger partial charge >= 0.3 is 0 Å². The molecule has 0 amide bonds. The molecule has 3 aliphatic rings. The molecule has 0 N–H and O–H groups in total. The lowest BCUT2D eigenvalue weighted by Gasteiger charge is -2.38. The highest BCUT2D eigenvalue weighted by atomic mass is 19.1. The number of benzene rings is 1. The van der Waals surface area contributed by atoms with E-state index in [2.05, 4.69) is 0 Å². The minimum absolute atomic E-state index is 0.0194. The third-order valence-corrected chi connectivity index (χ3v) is 7.76. The highest BCUT2D eigenvalue weighted by molar-refractivity contribution is 6.02. The molecular formula is C25H35FO. The van der Waals surface area contributed by atoms with E-state index in [1.54, 1.807) is 0 Å². The van der Waals surface area contributed by atoms with Gasteiger partial charge in [-0.3, -0.25) is 4.79 Å². The first-order valence-electron chi connectivity index (χ1n) is 11.5. The second-order valence-electron chi connectivity index (χ2n) is 9.58. The predicted molar refractivity (Wildman–Crippen MR) is 109 cm³/mol. The quantitative estimate of drug-likeness (QED) is 0.543. The Morgan fingerprint density at radius 1 is 0.963 bits per heavy atom. The zero-order chi connectivity index (χ0) is 18.8. The second kappa shape index (κ2) is 8.45. The summed E-state index contributed by atoms with van der Waals surface area (Å²) < 4.78 is 14.3. The summed E-state index contributed by atoms with van der Waals surface area (Å²) in [6.07, 6.45) is 16.9. The van der Waals surface area contributed by atoms with Crippen molar-refractivity contribution in [3.8, 4) is 0 Å². The smallest absolute Gasteiger partial charge is 0.169 e. The highest BCUT2D eigenvalue weighted by Crippen LogP contribution is 2.43. The lowest BCUT2D eigenvalue weighted by Crippen LogP contribution is -2.28. The van der Waals surface area contributed by atoms with E-state index in [1.165, 1.54) is 76.7 Å². The summed E-state index contributed by atoms with van der Waals surface area (Å²) in [5.74, 6) is 2.35. The Hall–Kier alpha value is -1.18. The third kappa shape index (κ3) is 4.15. The van der Waals surface area contributed by atoms with Crippen molar-refractivity contribution >= 4 is 5.78 Å². The maximum atomic E-state index is 14.3. The van der Waals surface area contributed by atoms with Gasteiger partial charge in [-0.15, -0.1) is 0 Å². The molecule has 148 valence electrons. The van der Waals surface area contributed by atoms with Crippen LogP contribution < -0.4 is 0 Å². The predicted octanol–water partition coefficient (Wildman–Crippen LogP) is 7.05. The van der Waals surface area contributed by atoms with Gasteiger partial charge in [0.15, 0.2) is 5.78 Å². The molecule has 2 saturated carbocycles. The molecule has 0 aromatic heterocycles. The number of fused-ring (bicyclic) bond motifs is 1. The fourth-order valence-electron chi connectivity index (χ4n) is 6.42. The largest absolute Gasteiger partial charge is 0.294 e. The van der Waals surface area contributed by atoms with Gasteiger partial charge in [-0.2, -0.15) is 0 Å². The lowest BCUT2D eigenvalue weighted by atomic mass is 9.67. The van der Waals surface area contributed by atoms with Crippen LogP contribution >= 0.6 is 0 Å². The maximum absolute atomic E-state index is 14.3. The van der Waals surface area contributed by atoms with E-state index in [0.29, 0.717) is 5.56 Å². The standard InChI is InChI=1S/C25H35FO/c1-17-14-21-16-20(25(27)24(21)23(26)15-17)12-13-22(18-8-4-2-5-9-18)19-10-6-3-7-11-19/h14-15,18-20,22H,2-13,16H2,1H3. The maximum Gasteiger partial charge on any atom is 0.169 e. The highest BCUT2D eigenvalue weighted by Gasteiger charge is 2.36.